The second kappa shape index (κ2) is 5.03. The lowest BCUT2D eigenvalue weighted by molar-refractivity contribution is -0.0237. The van der Waals surface area contributed by atoms with Crippen LogP contribution in [0.5, 0.6) is 0 Å². The van der Waals surface area contributed by atoms with Gasteiger partial charge in [0.25, 0.3) is 5.92 Å². The Morgan fingerprint density at radius 1 is 1.43 bits per heavy atom. The minimum atomic E-state index is -2.60. The van der Waals surface area contributed by atoms with E-state index in [-0.39, 0.29) is 13.1 Å². The van der Waals surface area contributed by atoms with Crippen LogP contribution in [0, 0.1) is 5.92 Å². The highest BCUT2D eigenvalue weighted by atomic mass is 19.3. The zero-order valence-electron chi connectivity index (χ0n) is 9.02. The second-order valence-electron chi connectivity index (χ2n) is 4.36. The Labute approximate surface area is 84.7 Å². The predicted octanol–water partition coefficient (Wildman–Crippen LogP) is 1.57. The van der Waals surface area contributed by atoms with E-state index in [1.165, 1.54) is 12.8 Å². The molecular weight excluding hydrogens is 186 g/mol. The van der Waals surface area contributed by atoms with E-state index < -0.39 is 5.92 Å². The first-order valence-electron chi connectivity index (χ1n) is 5.24. The minimum absolute atomic E-state index is 0.138. The van der Waals surface area contributed by atoms with E-state index in [2.05, 4.69) is 5.32 Å². The topological polar surface area (TPSA) is 15.3 Å². The highest BCUT2D eigenvalue weighted by Gasteiger charge is 2.30. The summed E-state index contributed by atoms with van der Waals surface area (Å²) in [5.74, 6) is -1.79. The number of rotatable bonds is 7. The molecule has 0 atom stereocenters. The van der Waals surface area contributed by atoms with Crippen LogP contribution in [-0.2, 0) is 0 Å². The fraction of sp³-hybridized carbons (Fsp3) is 1.00. The molecule has 0 aromatic rings. The molecule has 0 aliphatic heterocycles. The van der Waals surface area contributed by atoms with Crippen molar-refractivity contribution in [2.24, 2.45) is 5.92 Å². The van der Waals surface area contributed by atoms with Crippen molar-refractivity contribution in [2.45, 2.75) is 25.2 Å². The van der Waals surface area contributed by atoms with E-state index in [9.17, 15) is 8.78 Å². The SMILES string of the molecule is CNCC(F)(F)CN(C)CCC1CC1. The van der Waals surface area contributed by atoms with Crippen molar-refractivity contribution >= 4 is 0 Å². The summed E-state index contributed by atoms with van der Waals surface area (Å²) in [6.07, 6.45) is 3.66. The molecule has 0 radical (unpaired) electrons. The molecule has 0 heterocycles. The third kappa shape index (κ3) is 4.86. The normalized spacial score (nSPS) is 17.8. The molecule has 84 valence electrons. The predicted molar refractivity (Wildman–Crippen MR) is 53.7 cm³/mol. The van der Waals surface area contributed by atoms with Crippen LogP contribution in [0.2, 0.25) is 0 Å². The molecule has 0 unspecified atom stereocenters. The number of halogens is 2. The number of hydrogen-bond donors (Lipinski definition) is 1. The average molecular weight is 206 g/mol. The standard InChI is InChI=1S/C10H20F2N2/c1-13-7-10(11,12)8-14(2)6-5-9-3-4-9/h9,13H,3-8H2,1-2H3. The van der Waals surface area contributed by atoms with Crippen LogP contribution in [-0.4, -0.2) is 44.6 Å². The number of nitrogens with one attached hydrogen (secondary N) is 1. The van der Waals surface area contributed by atoms with E-state index in [1.54, 1.807) is 19.0 Å². The Bertz CT molecular complexity index is 170. The molecule has 1 saturated carbocycles. The van der Waals surface area contributed by atoms with Crippen LogP contribution >= 0.6 is 0 Å². The van der Waals surface area contributed by atoms with E-state index in [0.29, 0.717) is 0 Å². The minimum Gasteiger partial charge on any atom is -0.314 e. The van der Waals surface area contributed by atoms with Crippen molar-refractivity contribution in [3.05, 3.63) is 0 Å². The molecule has 1 N–H and O–H groups in total. The fourth-order valence-corrected chi connectivity index (χ4v) is 1.60. The van der Waals surface area contributed by atoms with Gasteiger partial charge in [0.1, 0.15) is 0 Å². The van der Waals surface area contributed by atoms with Crippen LogP contribution in [0.4, 0.5) is 8.78 Å². The molecular formula is C10H20F2N2. The summed E-state index contributed by atoms with van der Waals surface area (Å²) in [7, 11) is 3.32. The number of alkyl halides is 2. The van der Waals surface area contributed by atoms with Crippen molar-refractivity contribution < 1.29 is 8.78 Å². The first kappa shape index (κ1) is 11.9. The van der Waals surface area contributed by atoms with Gasteiger partial charge in [0.2, 0.25) is 0 Å². The molecule has 1 fully saturated rings. The van der Waals surface area contributed by atoms with Crippen LogP contribution in [0.15, 0.2) is 0 Å². The molecule has 0 saturated heterocycles. The highest BCUT2D eigenvalue weighted by Crippen LogP contribution is 2.32. The summed E-state index contributed by atoms with van der Waals surface area (Å²) in [5, 5.41) is 2.51. The smallest absolute Gasteiger partial charge is 0.272 e. The molecule has 1 aliphatic rings. The summed E-state index contributed by atoms with van der Waals surface area (Å²) in [6, 6.07) is 0. The molecule has 1 aliphatic carbocycles. The van der Waals surface area contributed by atoms with Crippen LogP contribution in [0.1, 0.15) is 19.3 Å². The average Bonchev–Trinajstić information content (AvgIpc) is 2.82. The van der Waals surface area contributed by atoms with Gasteiger partial charge < -0.3 is 10.2 Å². The summed E-state index contributed by atoms with van der Waals surface area (Å²) in [4.78, 5) is 1.73. The quantitative estimate of drug-likeness (QED) is 0.680. The molecule has 1 rings (SSSR count). The van der Waals surface area contributed by atoms with Crippen LogP contribution in [0.3, 0.4) is 0 Å². The van der Waals surface area contributed by atoms with Gasteiger partial charge in [-0.2, -0.15) is 0 Å². The molecule has 0 bridgehead atoms. The summed E-state index contributed by atoms with van der Waals surface area (Å²) in [6.45, 7) is 0.422. The van der Waals surface area contributed by atoms with E-state index in [1.807, 2.05) is 0 Å². The van der Waals surface area contributed by atoms with Gasteiger partial charge in [-0.3, -0.25) is 0 Å². The molecule has 0 amide bonds. The van der Waals surface area contributed by atoms with E-state index in [0.717, 1.165) is 18.9 Å². The second-order valence-corrected chi connectivity index (χ2v) is 4.36. The lowest BCUT2D eigenvalue weighted by Gasteiger charge is -2.23. The van der Waals surface area contributed by atoms with Crippen molar-refractivity contribution in [3.8, 4) is 0 Å². The Kier molecular flexibility index (Phi) is 4.26. The van der Waals surface area contributed by atoms with Crippen molar-refractivity contribution in [1.82, 2.24) is 10.2 Å². The Hall–Kier alpha value is -0.220. The van der Waals surface area contributed by atoms with E-state index >= 15 is 0 Å². The van der Waals surface area contributed by atoms with Crippen molar-refractivity contribution in [3.63, 3.8) is 0 Å². The molecule has 4 heteroatoms. The first-order valence-corrected chi connectivity index (χ1v) is 5.24. The highest BCUT2D eigenvalue weighted by molar-refractivity contribution is 4.77. The lowest BCUT2D eigenvalue weighted by atomic mass is 10.2. The largest absolute Gasteiger partial charge is 0.314 e. The van der Waals surface area contributed by atoms with Gasteiger partial charge in [0.05, 0.1) is 13.1 Å². The van der Waals surface area contributed by atoms with E-state index in [4.69, 9.17) is 0 Å². The molecule has 0 aromatic heterocycles. The Morgan fingerprint density at radius 2 is 2.07 bits per heavy atom. The maximum atomic E-state index is 13.1. The zero-order chi connectivity index (χ0) is 10.6. The van der Waals surface area contributed by atoms with Crippen LogP contribution in [0.25, 0.3) is 0 Å². The summed E-state index contributed by atoms with van der Waals surface area (Å²) >= 11 is 0. The Balaban J connectivity index is 2.12. The van der Waals surface area contributed by atoms with Crippen LogP contribution < -0.4 is 5.32 Å². The molecule has 0 aromatic carbocycles. The number of nitrogens with zero attached hydrogens (tertiary/aromatic N) is 1. The summed E-state index contributed by atoms with van der Waals surface area (Å²) in [5.41, 5.74) is 0. The van der Waals surface area contributed by atoms with Crippen molar-refractivity contribution in [1.29, 1.82) is 0 Å². The van der Waals surface area contributed by atoms with Gasteiger partial charge in [0, 0.05) is 0 Å². The van der Waals surface area contributed by atoms with Gasteiger partial charge in [0.15, 0.2) is 0 Å². The van der Waals surface area contributed by atoms with Gasteiger partial charge in [-0.15, -0.1) is 0 Å². The third-order valence-corrected chi connectivity index (χ3v) is 2.55. The molecule has 14 heavy (non-hydrogen) atoms. The van der Waals surface area contributed by atoms with Gasteiger partial charge in [-0.1, -0.05) is 12.8 Å². The zero-order valence-corrected chi connectivity index (χ0v) is 9.02. The third-order valence-electron chi connectivity index (χ3n) is 2.55. The fourth-order valence-electron chi connectivity index (χ4n) is 1.60. The number of hydrogen-bond acceptors (Lipinski definition) is 2. The maximum absolute atomic E-state index is 13.1. The van der Waals surface area contributed by atoms with Crippen molar-refractivity contribution in [2.75, 3.05) is 33.7 Å². The molecule has 0 spiro atoms. The molecule has 2 nitrogen and oxygen atoms in total. The van der Waals surface area contributed by atoms with Gasteiger partial charge in [-0.05, 0) is 33.0 Å². The van der Waals surface area contributed by atoms with Gasteiger partial charge in [-0.25, -0.2) is 8.78 Å². The lowest BCUT2D eigenvalue weighted by Crippen LogP contribution is -2.41. The summed E-state index contributed by atoms with van der Waals surface area (Å²) < 4.78 is 26.2. The van der Waals surface area contributed by atoms with Gasteiger partial charge >= 0.3 is 0 Å². The first-order chi connectivity index (χ1) is 6.53. The Morgan fingerprint density at radius 3 is 2.57 bits per heavy atom. The monoisotopic (exact) mass is 206 g/mol. The maximum Gasteiger partial charge on any atom is 0.272 e.